The van der Waals surface area contributed by atoms with Crippen molar-refractivity contribution >= 4 is 23.3 Å². The number of halogens is 1. The number of anilines is 1. The maximum Gasteiger partial charge on any atom is 0.255 e. The van der Waals surface area contributed by atoms with Crippen LogP contribution >= 0.6 is 11.6 Å². The number of pyridine rings is 1. The number of ketones is 1. The predicted molar refractivity (Wildman–Crippen MR) is 110 cm³/mol. The fourth-order valence-corrected chi connectivity index (χ4v) is 3.49. The van der Waals surface area contributed by atoms with Crippen LogP contribution in [0.4, 0.5) is 5.95 Å². The van der Waals surface area contributed by atoms with Gasteiger partial charge >= 0.3 is 0 Å². The quantitative estimate of drug-likeness (QED) is 0.615. The lowest BCUT2D eigenvalue weighted by molar-refractivity contribution is 0.0337. The van der Waals surface area contributed by atoms with E-state index < -0.39 is 6.10 Å². The molecule has 8 heteroatoms. The summed E-state index contributed by atoms with van der Waals surface area (Å²) in [5.41, 5.74) is 1.69. The molecule has 1 unspecified atom stereocenters. The van der Waals surface area contributed by atoms with Crippen LogP contribution in [0.15, 0.2) is 59.7 Å². The van der Waals surface area contributed by atoms with Gasteiger partial charge in [-0.15, -0.1) is 0 Å². The Hall–Kier alpha value is -3.03. The van der Waals surface area contributed by atoms with Gasteiger partial charge in [-0.05, 0) is 24.3 Å². The molecule has 0 spiro atoms. The van der Waals surface area contributed by atoms with E-state index in [1.165, 1.54) is 10.6 Å². The second kappa shape index (κ2) is 8.14. The van der Waals surface area contributed by atoms with Gasteiger partial charge in [0.15, 0.2) is 5.78 Å². The van der Waals surface area contributed by atoms with E-state index in [-0.39, 0.29) is 11.3 Å². The van der Waals surface area contributed by atoms with Crippen LogP contribution in [0.25, 0.3) is 11.3 Å². The molecule has 1 aromatic carbocycles. The van der Waals surface area contributed by atoms with Crippen LogP contribution in [0.2, 0.25) is 5.02 Å². The third kappa shape index (κ3) is 4.06. The standard InChI is InChI=1S/C21H19ClN4O3/c1-25-19(27)12-17(14-5-7-23-8-6-14)24-21(25)26-9-10-29-18(13-26)20(28)15-3-2-4-16(22)11-15/h2-8,11-12,18H,9-10,13H2,1H3. The summed E-state index contributed by atoms with van der Waals surface area (Å²) in [6, 6.07) is 11.9. The monoisotopic (exact) mass is 410 g/mol. The smallest absolute Gasteiger partial charge is 0.255 e. The number of nitrogens with zero attached hydrogens (tertiary/aromatic N) is 4. The fourth-order valence-electron chi connectivity index (χ4n) is 3.30. The summed E-state index contributed by atoms with van der Waals surface area (Å²) in [6.45, 7) is 1.18. The van der Waals surface area contributed by atoms with Crippen LogP contribution in [0.3, 0.4) is 0 Å². The number of rotatable bonds is 4. The molecule has 7 nitrogen and oxygen atoms in total. The predicted octanol–water partition coefficient (Wildman–Crippen LogP) is 2.58. The number of aromatic nitrogens is 3. The first kappa shape index (κ1) is 19.3. The molecule has 0 amide bonds. The van der Waals surface area contributed by atoms with Crippen molar-refractivity contribution < 1.29 is 9.53 Å². The third-order valence-corrected chi connectivity index (χ3v) is 5.07. The van der Waals surface area contributed by atoms with Crippen molar-refractivity contribution in [2.75, 3.05) is 24.6 Å². The van der Waals surface area contributed by atoms with Gasteiger partial charge in [0.1, 0.15) is 6.10 Å². The highest BCUT2D eigenvalue weighted by Gasteiger charge is 2.29. The maximum atomic E-state index is 12.9. The minimum absolute atomic E-state index is 0.146. The molecule has 1 fully saturated rings. The number of hydrogen-bond acceptors (Lipinski definition) is 6. The summed E-state index contributed by atoms with van der Waals surface area (Å²) < 4.78 is 7.20. The molecule has 3 aromatic rings. The van der Waals surface area contributed by atoms with Crippen LogP contribution < -0.4 is 10.5 Å². The van der Waals surface area contributed by atoms with Crippen LogP contribution in [0.5, 0.6) is 0 Å². The Morgan fingerprint density at radius 1 is 1.21 bits per heavy atom. The van der Waals surface area contributed by atoms with Crippen LogP contribution in [0.1, 0.15) is 10.4 Å². The second-order valence-electron chi connectivity index (χ2n) is 6.75. The molecule has 4 rings (SSSR count). The molecule has 0 radical (unpaired) electrons. The van der Waals surface area contributed by atoms with Crippen molar-refractivity contribution in [1.82, 2.24) is 14.5 Å². The highest BCUT2D eigenvalue weighted by Crippen LogP contribution is 2.21. The Labute approximate surface area is 172 Å². The number of ether oxygens (including phenoxy) is 1. The lowest BCUT2D eigenvalue weighted by atomic mass is 10.1. The largest absolute Gasteiger partial charge is 0.366 e. The van der Waals surface area contributed by atoms with E-state index >= 15 is 0 Å². The Morgan fingerprint density at radius 2 is 2.00 bits per heavy atom. The highest BCUT2D eigenvalue weighted by atomic mass is 35.5. The first-order valence-corrected chi connectivity index (χ1v) is 9.55. The van der Waals surface area contributed by atoms with E-state index in [0.717, 1.165) is 5.56 Å². The Balaban J connectivity index is 1.64. The summed E-state index contributed by atoms with van der Waals surface area (Å²) in [7, 11) is 1.67. The fraction of sp³-hybridized carbons (Fsp3) is 0.238. The van der Waals surface area contributed by atoms with Gasteiger partial charge in [0.25, 0.3) is 5.56 Å². The summed E-state index contributed by atoms with van der Waals surface area (Å²) >= 11 is 6.01. The first-order chi connectivity index (χ1) is 14.0. The Kier molecular flexibility index (Phi) is 5.42. The van der Waals surface area contributed by atoms with Crippen molar-refractivity contribution in [1.29, 1.82) is 0 Å². The Morgan fingerprint density at radius 3 is 2.76 bits per heavy atom. The minimum atomic E-state index is -0.663. The number of benzene rings is 1. The van der Waals surface area contributed by atoms with Crippen molar-refractivity contribution in [3.8, 4) is 11.3 Å². The van der Waals surface area contributed by atoms with Gasteiger partial charge < -0.3 is 9.64 Å². The normalized spacial score (nSPS) is 16.6. The van der Waals surface area contributed by atoms with Crippen molar-refractivity contribution in [2.45, 2.75) is 6.10 Å². The molecule has 2 aromatic heterocycles. The van der Waals surface area contributed by atoms with Gasteiger partial charge in [-0.2, -0.15) is 0 Å². The van der Waals surface area contributed by atoms with E-state index in [4.69, 9.17) is 16.3 Å². The van der Waals surface area contributed by atoms with Crippen molar-refractivity contribution in [2.24, 2.45) is 7.05 Å². The van der Waals surface area contributed by atoms with Crippen LogP contribution in [0, 0.1) is 0 Å². The number of carbonyl (C=O) groups is 1. The van der Waals surface area contributed by atoms with Gasteiger partial charge in [-0.1, -0.05) is 23.7 Å². The minimum Gasteiger partial charge on any atom is -0.366 e. The zero-order valence-corrected chi connectivity index (χ0v) is 16.5. The van der Waals surface area contributed by atoms with E-state index in [9.17, 15) is 9.59 Å². The summed E-state index contributed by atoms with van der Waals surface area (Å²) in [5.74, 6) is 0.351. The van der Waals surface area contributed by atoms with E-state index in [2.05, 4.69) is 9.97 Å². The number of morpholine rings is 1. The van der Waals surface area contributed by atoms with Crippen molar-refractivity contribution in [3.05, 3.63) is 75.8 Å². The molecule has 29 heavy (non-hydrogen) atoms. The first-order valence-electron chi connectivity index (χ1n) is 9.18. The molecule has 1 atom stereocenters. The van der Waals surface area contributed by atoms with Crippen molar-refractivity contribution in [3.63, 3.8) is 0 Å². The zero-order valence-electron chi connectivity index (χ0n) is 15.8. The average molecular weight is 411 g/mol. The van der Waals surface area contributed by atoms with E-state index in [1.54, 1.807) is 55.8 Å². The number of carbonyl (C=O) groups excluding carboxylic acids is 1. The molecular formula is C21H19ClN4O3. The molecule has 1 aliphatic heterocycles. The molecule has 148 valence electrons. The van der Waals surface area contributed by atoms with Crippen LogP contribution in [-0.4, -0.2) is 46.1 Å². The summed E-state index contributed by atoms with van der Waals surface area (Å²) in [5, 5.41) is 0.498. The SMILES string of the molecule is Cn1c(N2CCOC(C(=O)c3cccc(Cl)c3)C2)nc(-c2ccncc2)cc1=O. The topological polar surface area (TPSA) is 77.3 Å². The molecule has 0 N–H and O–H groups in total. The molecule has 0 aliphatic carbocycles. The number of hydrogen-bond donors (Lipinski definition) is 0. The summed E-state index contributed by atoms with van der Waals surface area (Å²) in [6.07, 6.45) is 2.65. The second-order valence-corrected chi connectivity index (χ2v) is 7.19. The lowest BCUT2D eigenvalue weighted by Crippen LogP contribution is -2.48. The van der Waals surface area contributed by atoms with Gasteiger partial charge in [0, 0.05) is 48.2 Å². The van der Waals surface area contributed by atoms with Gasteiger partial charge in [-0.3, -0.25) is 19.1 Å². The molecule has 1 aliphatic rings. The lowest BCUT2D eigenvalue weighted by Gasteiger charge is -2.33. The summed E-state index contributed by atoms with van der Waals surface area (Å²) in [4.78, 5) is 36.0. The molecule has 0 saturated carbocycles. The van der Waals surface area contributed by atoms with Gasteiger partial charge in [0.05, 0.1) is 18.8 Å². The van der Waals surface area contributed by atoms with Gasteiger partial charge in [0.2, 0.25) is 5.95 Å². The zero-order chi connectivity index (χ0) is 20.4. The highest BCUT2D eigenvalue weighted by molar-refractivity contribution is 6.31. The van der Waals surface area contributed by atoms with Crippen LogP contribution in [-0.2, 0) is 11.8 Å². The van der Waals surface area contributed by atoms with Gasteiger partial charge in [-0.25, -0.2) is 4.98 Å². The molecule has 0 bridgehead atoms. The third-order valence-electron chi connectivity index (χ3n) is 4.84. The molecule has 1 saturated heterocycles. The Bertz CT molecular complexity index is 1100. The average Bonchev–Trinajstić information content (AvgIpc) is 2.75. The van der Waals surface area contributed by atoms with E-state index in [0.29, 0.717) is 41.9 Å². The molecule has 3 heterocycles. The molecular weight excluding hydrogens is 392 g/mol. The maximum absolute atomic E-state index is 12.9. The number of Topliss-reactive ketones (excluding diaryl/α,β-unsaturated/α-hetero) is 1. The van der Waals surface area contributed by atoms with E-state index in [1.807, 2.05) is 4.90 Å².